The van der Waals surface area contributed by atoms with Crippen molar-refractivity contribution >= 4 is 58.4 Å². The summed E-state index contributed by atoms with van der Waals surface area (Å²) in [5, 5.41) is 11.2. The van der Waals surface area contributed by atoms with Gasteiger partial charge in [-0.2, -0.15) is 0 Å². The zero-order valence-corrected chi connectivity index (χ0v) is 20.9. The van der Waals surface area contributed by atoms with E-state index in [0.717, 1.165) is 16.8 Å². The lowest BCUT2D eigenvalue weighted by molar-refractivity contribution is -0.137. The molecular weight excluding hydrogens is 483 g/mol. The second-order valence-electron chi connectivity index (χ2n) is 9.09. The van der Waals surface area contributed by atoms with Gasteiger partial charge in [0, 0.05) is 28.7 Å². The Kier molecular flexibility index (Phi) is 7.98. The van der Waals surface area contributed by atoms with Crippen LogP contribution in [0.25, 0.3) is 0 Å². The Morgan fingerprint density at radius 2 is 1.82 bits per heavy atom. The average Bonchev–Trinajstić information content (AvgIpc) is 2.82. The van der Waals surface area contributed by atoms with Gasteiger partial charge in [0.2, 0.25) is 11.8 Å². The molecule has 3 rings (SSSR count). The van der Waals surface area contributed by atoms with Crippen molar-refractivity contribution in [3.05, 3.63) is 63.6 Å². The van der Waals surface area contributed by atoms with Crippen molar-refractivity contribution < 1.29 is 19.5 Å². The van der Waals surface area contributed by atoms with Gasteiger partial charge in [-0.15, -0.1) is 11.8 Å². The van der Waals surface area contributed by atoms with Crippen LogP contribution in [0.1, 0.15) is 43.6 Å². The number of halogens is 2. The molecule has 1 aliphatic rings. The fraction of sp³-hybridized carbons (Fsp3) is 0.375. The number of thioether (sulfide) groups is 1. The van der Waals surface area contributed by atoms with E-state index in [9.17, 15) is 14.4 Å². The third kappa shape index (κ3) is 6.43. The zero-order chi connectivity index (χ0) is 24.3. The third-order valence-corrected chi connectivity index (χ3v) is 7.09. The summed E-state index contributed by atoms with van der Waals surface area (Å²) in [7, 11) is 0. The van der Waals surface area contributed by atoms with Crippen molar-refractivity contribution in [2.75, 3.05) is 18.0 Å². The Labute approximate surface area is 207 Å². The maximum atomic E-state index is 13.7. The molecule has 0 aromatic heterocycles. The summed E-state index contributed by atoms with van der Waals surface area (Å²) >= 11 is 14.2. The van der Waals surface area contributed by atoms with Crippen LogP contribution in [0.4, 0.5) is 5.69 Å². The van der Waals surface area contributed by atoms with E-state index in [2.05, 4.69) is 5.32 Å². The number of rotatable bonds is 6. The van der Waals surface area contributed by atoms with Crippen LogP contribution in [0.5, 0.6) is 0 Å². The van der Waals surface area contributed by atoms with Crippen molar-refractivity contribution in [3.63, 3.8) is 0 Å². The molecule has 9 heteroatoms. The molecule has 2 aromatic rings. The molecular formula is C24H26Cl2N2O4S. The number of nitrogens with one attached hydrogen (secondary N) is 1. The monoisotopic (exact) mass is 508 g/mol. The van der Waals surface area contributed by atoms with Gasteiger partial charge in [0.05, 0.1) is 10.5 Å². The first-order valence-corrected chi connectivity index (χ1v) is 12.2. The van der Waals surface area contributed by atoms with E-state index in [0.29, 0.717) is 16.6 Å². The lowest BCUT2D eigenvalue weighted by atomic mass is 9.94. The summed E-state index contributed by atoms with van der Waals surface area (Å²) in [6, 6.07) is 12.8. The maximum absolute atomic E-state index is 13.7. The quantitative estimate of drug-likeness (QED) is 0.561. The molecule has 6 nitrogen and oxygen atoms in total. The molecule has 2 atom stereocenters. The highest BCUT2D eigenvalue weighted by Gasteiger charge is 2.39. The van der Waals surface area contributed by atoms with Crippen LogP contribution >= 0.6 is 35.0 Å². The fourth-order valence-corrected chi connectivity index (χ4v) is 5.68. The predicted molar refractivity (Wildman–Crippen MR) is 133 cm³/mol. The van der Waals surface area contributed by atoms with Crippen LogP contribution in [0.2, 0.25) is 10.0 Å². The molecule has 1 heterocycles. The minimum atomic E-state index is -1.14. The minimum absolute atomic E-state index is 0.153. The summed E-state index contributed by atoms with van der Waals surface area (Å²) in [6.45, 7) is 6.04. The van der Waals surface area contributed by atoms with Crippen LogP contribution in [0.15, 0.2) is 42.5 Å². The van der Waals surface area contributed by atoms with E-state index < -0.39 is 23.7 Å². The Morgan fingerprint density at radius 3 is 2.45 bits per heavy atom. The van der Waals surface area contributed by atoms with Crippen molar-refractivity contribution in [3.8, 4) is 0 Å². The van der Waals surface area contributed by atoms with Gasteiger partial charge in [-0.3, -0.25) is 14.4 Å². The summed E-state index contributed by atoms with van der Waals surface area (Å²) in [5.41, 5.74) is 2.17. The van der Waals surface area contributed by atoms with Gasteiger partial charge >= 0.3 is 5.97 Å². The van der Waals surface area contributed by atoms with Crippen LogP contribution in [-0.4, -0.2) is 41.2 Å². The highest BCUT2D eigenvalue weighted by molar-refractivity contribution is 8.01. The predicted octanol–water partition coefficient (Wildman–Crippen LogP) is 5.17. The standard InChI is InChI=1S/C24H26Cl2N2O4S/c1-24(2,3)13-28-18-9-8-14(25)10-16(18)22(15-6-4-5-7-17(15)26)33-19(23(28)32)11-20(29)27-12-21(30)31/h4-10,19,22H,11-13H2,1-3H3,(H,27,29)(H,30,31)/t19-,22-/m1/s1. The Bertz CT molecular complexity index is 1070. The number of nitrogens with zero attached hydrogens (tertiary/aromatic N) is 1. The number of hydrogen-bond donors (Lipinski definition) is 2. The molecule has 2 amide bonds. The van der Waals surface area contributed by atoms with E-state index in [1.54, 1.807) is 17.0 Å². The van der Waals surface area contributed by atoms with E-state index in [1.807, 2.05) is 51.1 Å². The lowest BCUT2D eigenvalue weighted by Crippen LogP contribution is -2.44. The SMILES string of the molecule is CC(C)(C)CN1C(=O)[C@@H](CC(=O)NCC(=O)O)S[C@H](c2ccccc2Cl)c2cc(Cl)ccc21. The maximum Gasteiger partial charge on any atom is 0.322 e. The van der Waals surface area contributed by atoms with Gasteiger partial charge in [0.15, 0.2) is 0 Å². The van der Waals surface area contributed by atoms with Crippen molar-refractivity contribution in [2.24, 2.45) is 5.41 Å². The van der Waals surface area contributed by atoms with E-state index in [1.165, 1.54) is 11.8 Å². The van der Waals surface area contributed by atoms with Gasteiger partial charge in [0.1, 0.15) is 6.54 Å². The van der Waals surface area contributed by atoms with Crippen LogP contribution in [0.3, 0.4) is 0 Å². The number of fused-ring (bicyclic) bond motifs is 1. The van der Waals surface area contributed by atoms with Crippen LogP contribution in [0, 0.1) is 5.41 Å². The molecule has 0 radical (unpaired) electrons. The lowest BCUT2D eigenvalue weighted by Gasteiger charge is -2.31. The third-order valence-electron chi connectivity index (χ3n) is 5.03. The molecule has 0 fully saturated rings. The zero-order valence-electron chi connectivity index (χ0n) is 18.6. The van der Waals surface area contributed by atoms with Gasteiger partial charge in [-0.1, -0.05) is 62.2 Å². The molecule has 2 N–H and O–H groups in total. The van der Waals surface area contributed by atoms with Crippen molar-refractivity contribution in [1.82, 2.24) is 5.32 Å². The highest BCUT2D eigenvalue weighted by Crippen LogP contribution is 2.49. The first-order valence-electron chi connectivity index (χ1n) is 10.5. The number of aliphatic carboxylic acids is 1. The average molecular weight is 509 g/mol. The Morgan fingerprint density at radius 1 is 1.12 bits per heavy atom. The number of anilines is 1. The Hall–Kier alpha value is -2.22. The summed E-state index contributed by atoms with van der Waals surface area (Å²) < 4.78 is 0. The van der Waals surface area contributed by atoms with Crippen molar-refractivity contribution in [1.29, 1.82) is 0 Å². The Balaban J connectivity index is 2.11. The number of carboxylic acids is 1. The largest absolute Gasteiger partial charge is 0.480 e. The topological polar surface area (TPSA) is 86.7 Å². The molecule has 0 bridgehead atoms. The summed E-state index contributed by atoms with van der Waals surface area (Å²) in [6.07, 6.45) is -0.153. The van der Waals surface area contributed by atoms with Gasteiger partial charge < -0.3 is 15.3 Å². The number of carboxylic acid groups (broad SMARTS) is 1. The summed E-state index contributed by atoms with van der Waals surface area (Å²) in [4.78, 5) is 38.8. The second kappa shape index (κ2) is 10.4. The number of benzene rings is 2. The second-order valence-corrected chi connectivity index (χ2v) is 11.2. The first kappa shape index (κ1) is 25.4. The molecule has 1 aliphatic heterocycles. The fourth-order valence-electron chi connectivity index (χ4n) is 3.69. The van der Waals surface area contributed by atoms with Crippen molar-refractivity contribution in [2.45, 2.75) is 37.7 Å². The summed E-state index contributed by atoms with van der Waals surface area (Å²) in [5.74, 6) is -1.85. The molecule has 0 spiro atoms. The van der Waals surface area contributed by atoms with Crippen LogP contribution in [-0.2, 0) is 14.4 Å². The number of carbonyl (C=O) groups is 3. The molecule has 0 saturated heterocycles. The molecule has 0 aliphatic carbocycles. The van der Waals surface area contributed by atoms with Gasteiger partial charge in [-0.05, 0) is 40.8 Å². The number of carbonyl (C=O) groups excluding carboxylic acids is 2. The van der Waals surface area contributed by atoms with Gasteiger partial charge in [-0.25, -0.2) is 0 Å². The number of amides is 2. The minimum Gasteiger partial charge on any atom is -0.480 e. The van der Waals surface area contributed by atoms with E-state index in [4.69, 9.17) is 28.3 Å². The molecule has 0 unspecified atom stereocenters. The molecule has 2 aromatic carbocycles. The highest BCUT2D eigenvalue weighted by atomic mass is 35.5. The van der Waals surface area contributed by atoms with E-state index >= 15 is 0 Å². The molecule has 176 valence electrons. The normalized spacial score (nSPS) is 18.5. The van der Waals surface area contributed by atoms with Crippen LogP contribution < -0.4 is 10.2 Å². The van der Waals surface area contributed by atoms with E-state index in [-0.39, 0.29) is 23.0 Å². The van der Waals surface area contributed by atoms with Gasteiger partial charge in [0.25, 0.3) is 0 Å². The molecule has 0 saturated carbocycles. The molecule has 33 heavy (non-hydrogen) atoms. The number of hydrogen-bond acceptors (Lipinski definition) is 4. The smallest absolute Gasteiger partial charge is 0.322 e. The first-order chi connectivity index (χ1) is 15.5.